The van der Waals surface area contributed by atoms with E-state index in [2.05, 4.69) is 20.9 Å². The summed E-state index contributed by atoms with van der Waals surface area (Å²) in [7, 11) is 0. The Morgan fingerprint density at radius 1 is 1.36 bits per heavy atom. The fourth-order valence-corrected chi connectivity index (χ4v) is 1.38. The van der Waals surface area contributed by atoms with Crippen molar-refractivity contribution in [3.63, 3.8) is 0 Å². The standard InChI is InChI=1S/C10H7BrFNO/c11-5-7-6-14-10(13-7)8-3-1-2-4-9(8)12/h1-4,6H,5H2. The van der Waals surface area contributed by atoms with Crippen LogP contribution in [0.15, 0.2) is 34.9 Å². The fraction of sp³-hybridized carbons (Fsp3) is 0.100. The summed E-state index contributed by atoms with van der Waals surface area (Å²) in [6, 6.07) is 6.40. The number of nitrogens with zero attached hydrogens (tertiary/aromatic N) is 1. The molecule has 0 fully saturated rings. The van der Waals surface area contributed by atoms with Crippen molar-refractivity contribution in [2.24, 2.45) is 0 Å². The summed E-state index contributed by atoms with van der Waals surface area (Å²) in [6.07, 6.45) is 1.51. The molecule has 0 aliphatic carbocycles. The van der Waals surface area contributed by atoms with Crippen LogP contribution in [0, 0.1) is 5.82 Å². The zero-order valence-electron chi connectivity index (χ0n) is 7.21. The third-order valence-electron chi connectivity index (χ3n) is 1.79. The minimum Gasteiger partial charge on any atom is -0.444 e. The molecule has 0 bridgehead atoms. The van der Waals surface area contributed by atoms with E-state index in [0.717, 1.165) is 5.69 Å². The Labute approximate surface area is 88.9 Å². The number of oxazole rings is 1. The van der Waals surface area contributed by atoms with E-state index in [0.29, 0.717) is 16.8 Å². The number of alkyl halides is 1. The first kappa shape index (κ1) is 9.40. The van der Waals surface area contributed by atoms with Crippen molar-refractivity contribution in [3.8, 4) is 11.5 Å². The zero-order chi connectivity index (χ0) is 9.97. The minimum atomic E-state index is -0.324. The van der Waals surface area contributed by atoms with E-state index in [1.807, 2.05) is 0 Å². The molecule has 1 aromatic heterocycles. The third-order valence-corrected chi connectivity index (χ3v) is 2.37. The van der Waals surface area contributed by atoms with Crippen molar-refractivity contribution in [2.45, 2.75) is 5.33 Å². The van der Waals surface area contributed by atoms with Gasteiger partial charge in [-0.2, -0.15) is 0 Å². The smallest absolute Gasteiger partial charge is 0.229 e. The van der Waals surface area contributed by atoms with Crippen LogP contribution in [0.4, 0.5) is 4.39 Å². The molecule has 2 aromatic rings. The Balaban J connectivity index is 2.44. The first-order valence-corrected chi connectivity index (χ1v) is 5.18. The average Bonchev–Trinajstić information content (AvgIpc) is 2.67. The number of hydrogen-bond donors (Lipinski definition) is 0. The monoisotopic (exact) mass is 255 g/mol. The van der Waals surface area contributed by atoms with E-state index in [9.17, 15) is 4.39 Å². The van der Waals surface area contributed by atoms with Crippen molar-refractivity contribution in [2.75, 3.05) is 0 Å². The maximum atomic E-state index is 13.3. The molecule has 0 unspecified atom stereocenters. The quantitative estimate of drug-likeness (QED) is 0.770. The van der Waals surface area contributed by atoms with Crippen molar-refractivity contribution < 1.29 is 8.81 Å². The van der Waals surface area contributed by atoms with E-state index < -0.39 is 0 Å². The normalized spacial score (nSPS) is 10.4. The number of halogens is 2. The molecule has 0 saturated heterocycles. The van der Waals surface area contributed by atoms with Crippen LogP contribution in [0.5, 0.6) is 0 Å². The highest BCUT2D eigenvalue weighted by Crippen LogP contribution is 2.22. The molecular formula is C10H7BrFNO. The molecule has 0 atom stereocenters. The van der Waals surface area contributed by atoms with Crippen molar-refractivity contribution >= 4 is 15.9 Å². The first-order chi connectivity index (χ1) is 6.81. The fourth-order valence-electron chi connectivity index (χ4n) is 1.13. The van der Waals surface area contributed by atoms with Crippen molar-refractivity contribution in [3.05, 3.63) is 42.0 Å². The largest absolute Gasteiger partial charge is 0.444 e. The molecule has 2 rings (SSSR count). The Bertz CT molecular complexity index is 441. The summed E-state index contributed by atoms with van der Waals surface area (Å²) in [4.78, 5) is 4.11. The molecule has 0 aliphatic heterocycles. The Morgan fingerprint density at radius 3 is 2.79 bits per heavy atom. The molecule has 2 nitrogen and oxygen atoms in total. The van der Waals surface area contributed by atoms with Gasteiger partial charge in [-0.3, -0.25) is 0 Å². The molecule has 1 aromatic carbocycles. The molecule has 0 radical (unpaired) electrons. The van der Waals surface area contributed by atoms with Crippen molar-refractivity contribution in [1.29, 1.82) is 0 Å². The highest BCUT2D eigenvalue weighted by atomic mass is 79.9. The maximum Gasteiger partial charge on any atom is 0.229 e. The van der Waals surface area contributed by atoms with Gasteiger partial charge in [0, 0.05) is 5.33 Å². The second-order valence-corrected chi connectivity index (χ2v) is 3.32. The van der Waals surface area contributed by atoms with Gasteiger partial charge >= 0.3 is 0 Å². The van der Waals surface area contributed by atoms with Gasteiger partial charge < -0.3 is 4.42 Å². The molecule has 14 heavy (non-hydrogen) atoms. The molecule has 0 spiro atoms. The van der Waals surface area contributed by atoms with E-state index in [-0.39, 0.29) is 5.82 Å². The van der Waals surface area contributed by atoms with Crippen LogP contribution in [0.25, 0.3) is 11.5 Å². The number of rotatable bonds is 2. The van der Waals surface area contributed by atoms with Gasteiger partial charge in [0.1, 0.15) is 12.1 Å². The molecule has 0 amide bonds. The van der Waals surface area contributed by atoms with E-state index in [1.165, 1.54) is 12.3 Å². The summed E-state index contributed by atoms with van der Waals surface area (Å²) in [5, 5.41) is 0.602. The third kappa shape index (κ3) is 1.70. The van der Waals surface area contributed by atoms with Crippen LogP contribution in [0.2, 0.25) is 0 Å². The lowest BCUT2D eigenvalue weighted by Crippen LogP contribution is -1.84. The van der Waals surface area contributed by atoms with Crippen LogP contribution in [0.3, 0.4) is 0 Å². The summed E-state index contributed by atoms with van der Waals surface area (Å²) in [5.74, 6) is -0.00646. The predicted molar refractivity (Wildman–Crippen MR) is 54.5 cm³/mol. The summed E-state index contributed by atoms with van der Waals surface area (Å²) in [6.45, 7) is 0. The Hall–Kier alpha value is -1.16. The van der Waals surface area contributed by atoms with Crippen LogP contribution in [-0.2, 0) is 5.33 Å². The maximum absolute atomic E-state index is 13.3. The highest BCUT2D eigenvalue weighted by molar-refractivity contribution is 9.08. The van der Waals surface area contributed by atoms with Gasteiger partial charge in [-0.15, -0.1) is 0 Å². The lowest BCUT2D eigenvalue weighted by Gasteiger charge is -1.95. The average molecular weight is 256 g/mol. The molecule has 1 heterocycles. The van der Waals surface area contributed by atoms with Gasteiger partial charge in [0.05, 0.1) is 11.3 Å². The van der Waals surface area contributed by atoms with Gasteiger partial charge in [0.2, 0.25) is 5.89 Å². The molecule has 72 valence electrons. The van der Waals surface area contributed by atoms with Gasteiger partial charge in [-0.05, 0) is 12.1 Å². The van der Waals surface area contributed by atoms with Gasteiger partial charge in [0.15, 0.2) is 0 Å². The number of aromatic nitrogens is 1. The lowest BCUT2D eigenvalue weighted by atomic mass is 10.2. The molecule has 4 heteroatoms. The molecule has 0 aliphatic rings. The first-order valence-electron chi connectivity index (χ1n) is 4.06. The lowest BCUT2D eigenvalue weighted by molar-refractivity contribution is 0.561. The summed E-state index contributed by atoms with van der Waals surface area (Å²) < 4.78 is 18.4. The Kier molecular flexibility index (Phi) is 2.63. The van der Waals surface area contributed by atoms with E-state index in [1.54, 1.807) is 18.2 Å². The van der Waals surface area contributed by atoms with Crippen LogP contribution in [-0.4, -0.2) is 4.98 Å². The zero-order valence-corrected chi connectivity index (χ0v) is 8.79. The van der Waals surface area contributed by atoms with E-state index >= 15 is 0 Å². The molecular weight excluding hydrogens is 249 g/mol. The van der Waals surface area contributed by atoms with Gasteiger partial charge in [-0.1, -0.05) is 28.1 Å². The highest BCUT2D eigenvalue weighted by Gasteiger charge is 2.09. The predicted octanol–water partition coefficient (Wildman–Crippen LogP) is 3.38. The van der Waals surface area contributed by atoms with Crippen LogP contribution < -0.4 is 0 Å². The van der Waals surface area contributed by atoms with Crippen LogP contribution in [0.1, 0.15) is 5.69 Å². The number of hydrogen-bond acceptors (Lipinski definition) is 2. The second-order valence-electron chi connectivity index (χ2n) is 2.76. The topological polar surface area (TPSA) is 26.0 Å². The SMILES string of the molecule is Fc1ccccc1-c1nc(CBr)co1. The van der Waals surface area contributed by atoms with Gasteiger partial charge in [0.25, 0.3) is 0 Å². The second kappa shape index (κ2) is 3.92. The molecule has 0 saturated carbocycles. The van der Waals surface area contributed by atoms with Crippen LogP contribution >= 0.6 is 15.9 Å². The van der Waals surface area contributed by atoms with Crippen molar-refractivity contribution in [1.82, 2.24) is 4.98 Å². The number of benzene rings is 1. The summed E-state index contributed by atoms with van der Waals surface area (Å²) >= 11 is 3.25. The van der Waals surface area contributed by atoms with Gasteiger partial charge in [-0.25, -0.2) is 9.37 Å². The minimum absolute atomic E-state index is 0.317. The van der Waals surface area contributed by atoms with E-state index in [4.69, 9.17) is 4.42 Å². The summed E-state index contributed by atoms with van der Waals surface area (Å²) in [5.41, 5.74) is 1.14. The Morgan fingerprint density at radius 2 is 2.14 bits per heavy atom. The molecule has 0 N–H and O–H groups in total.